The zero-order chi connectivity index (χ0) is 17.6. The summed E-state index contributed by atoms with van der Waals surface area (Å²) in [6, 6.07) is 4.21. The maximum Gasteiger partial charge on any atom is 0.513 e. The lowest BCUT2D eigenvalue weighted by Gasteiger charge is -2.17. The van der Waals surface area contributed by atoms with Crippen LogP contribution in [0, 0.1) is 10.1 Å². The highest BCUT2D eigenvalue weighted by atomic mass is 35.6. The average molecular weight is 386 g/mol. The molecule has 11 heteroatoms. The summed E-state index contributed by atoms with van der Waals surface area (Å²) in [6.07, 6.45) is -1.05. The van der Waals surface area contributed by atoms with Crippen LogP contribution in [0.3, 0.4) is 0 Å². The normalized spacial score (nSPS) is 12.2. The van der Waals surface area contributed by atoms with E-state index in [0.29, 0.717) is 0 Å². The molecule has 0 saturated heterocycles. The minimum absolute atomic E-state index is 0.0681. The second-order valence-electron chi connectivity index (χ2n) is 4.29. The molecule has 1 unspecified atom stereocenters. The topological polar surface area (TPSA) is 108 Å². The number of benzene rings is 1. The van der Waals surface area contributed by atoms with Gasteiger partial charge in [0.2, 0.25) is 0 Å². The number of rotatable bonds is 5. The van der Waals surface area contributed by atoms with E-state index in [2.05, 4.69) is 5.32 Å². The quantitative estimate of drug-likeness (QED) is 0.274. The number of nitrogens with zero attached hydrogens (tertiary/aromatic N) is 1. The summed E-state index contributed by atoms with van der Waals surface area (Å²) in [5.41, 5.74) is -0.145. The number of hydrogen-bond acceptors (Lipinski definition) is 6. The Bertz CT molecular complexity index is 587. The number of hydrogen-bond donors (Lipinski definition) is 1. The van der Waals surface area contributed by atoms with Crippen LogP contribution in [-0.2, 0) is 9.53 Å². The van der Waals surface area contributed by atoms with Gasteiger partial charge in [-0.3, -0.25) is 14.9 Å². The van der Waals surface area contributed by atoms with Crippen LogP contribution in [-0.4, -0.2) is 33.4 Å². The monoisotopic (exact) mass is 384 g/mol. The highest BCUT2D eigenvalue weighted by molar-refractivity contribution is 6.76. The third kappa shape index (κ3) is 6.89. The molecule has 0 aromatic heterocycles. The first kappa shape index (κ1) is 19.3. The first-order valence-electron chi connectivity index (χ1n) is 6.06. The van der Waals surface area contributed by atoms with Crippen molar-refractivity contribution < 1.29 is 24.0 Å². The van der Waals surface area contributed by atoms with Gasteiger partial charge in [0.15, 0.2) is 0 Å². The van der Waals surface area contributed by atoms with Gasteiger partial charge in [-0.2, -0.15) is 0 Å². The number of alkyl halides is 3. The number of carbonyl (C=O) groups is 2. The zero-order valence-corrected chi connectivity index (χ0v) is 13.9. The van der Waals surface area contributed by atoms with Crippen molar-refractivity contribution in [3.8, 4) is 5.75 Å². The number of nitro groups is 1. The molecule has 0 spiro atoms. The largest absolute Gasteiger partial charge is 0.513 e. The first-order valence-corrected chi connectivity index (χ1v) is 7.19. The van der Waals surface area contributed by atoms with Crippen molar-refractivity contribution in [1.29, 1.82) is 0 Å². The number of non-ortho nitro benzene ring substituents is 1. The molecule has 1 amide bonds. The number of ether oxygens (including phenoxy) is 2. The summed E-state index contributed by atoms with van der Waals surface area (Å²) < 4.78 is 7.44. The summed E-state index contributed by atoms with van der Waals surface area (Å²) in [5.74, 6) is -0.791. The van der Waals surface area contributed by atoms with Gasteiger partial charge in [0.05, 0.1) is 11.0 Å². The van der Waals surface area contributed by atoms with Crippen LogP contribution in [0.1, 0.15) is 6.92 Å². The van der Waals surface area contributed by atoms with Crippen LogP contribution < -0.4 is 10.1 Å². The summed E-state index contributed by atoms with van der Waals surface area (Å²) in [7, 11) is 0. The van der Waals surface area contributed by atoms with E-state index in [1.54, 1.807) is 0 Å². The van der Waals surface area contributed by atoms with Crippen molar-refractivity contribution in [3.05, 3.63) is 34.4 Å². The minimum Gasteiger partial charge on any atom is -0.432 e. The van der Waals surface area contributed by atoms with Crippen LogP contribution in [0.5, 0.6) is 5.75 Å². The van der Waals surface area contributed by atoms with E-state index in [1.165, 1.54) is 31.2 Å². The first-order chi connectivity index (χ1) is 10.6. The van der Waals surface area contributed by atoms with Gasteiger partial charge in [0.25, 0.3) is 15.4 Å². The molecule has 23 heavy (non-hydrogen) atoms. The van der Waals surface area contributed by atoms with Gasteiger partial charge in [-0.25, -0.2) is 4.79 Å². The van der Waals surface area contributed by atoms with Gasteiger partial charge in [-0.1, -0.05) is 34.8 Å². The summed E-state index contributed by atoms with van der Waals surface area (Å²) >= 11 is 16.1. The molecule has 0 aliphatic rings. The number of halogens is 3. The Morgan fingerprint density at radius 2 is 1.87 bits per heavy atom. The van der Waals surface area contributed by atoms with E-state index in [4.69, 9.17) is 44.3 Å². The molecule has 0 radical (unpaired) electrons. The molecule has 8 nitrogen and oxygen atoms in total. The summed E-state index contributed by atoms with van der Waals surface area (Å²) in [5, 5.41) is 12.8. The standard InChI is InChI=1S/C12H11Cl3N2O6/c1-7(16-10(18)12(13,14)15)6-22-11(19)23-9-4-2-8(3-5-9)17(20)21/h2-5,7H,6H2,1H3,(H,16,18). The van der Waals surface area contributed by atoms with Crippen molar-refractivity contribution in [2.45, 2.75) is 16.8 Å². The van der Waals surface area contributed by atoms with Crippen molar-refractivity contribution in [3.63, 3.8) is 0 Å². The van der Waals surface area contributed by atoms with Crippen molar-refractivity contribution in [2.75, 3.05) is 6.61 Å². The van der Waals surface area contributed by atoms with Gasteiger partial charge in [0, 0.05) is 12.1 Å². The molecular weight excluding hydrogens is 374 g/mol. The number of nitrogens with one attached hydrogen (secondary N) is 1. The summed E-state index contributed by atoms with van der Waals surface area (Å²) in [6.45, 7) is 1.30. The zero-order valence-electron chi connectivity index (χ0n) is 11.6. The molecule has 0 bridgehead atoms. The highest BCUT2D eigenvalue weighted by Crippen LogP contribution is 2.26. The number of nitro benzene ring substituents is 1. The fourth-order valence-corrected chi connectivity index (χ4v) is 1.47. The second-order valence-corrected chi connectivity index (χ2v) is 6.57. The fraction of sp³-hybridized carbons (Fsp3) is 0.333. The van der Waals surface area contributed by atoms with Gasteiger partial charge < -0.3 is 14.8 Å². The van der Waals surface area contributed by atoms with E-state index < -0.39 is 26.8 Å². The van der Waals surface area contributed by atoms with Crippen LogP contribution in [0.25, 0.3) is 0 Å². The molecular formula is C12H11Cl3N2O6. The maximum absolute atomic E-state index is 11.4. The lowest BCUT2D eigenvalue weighted by atomic mass is 10.3. The molecule has 126 valence electrons. The van der Waals surface area contributed by atoms with E-state index in [9.17, 15) is 19.7 Å². The molecule has 1 aromatic rings. The lowest BCUT2D eigenvalue weighted by Crippen LogP contribution is -2.42. The molecule has 1 aromatic carbocycles. The van der Waals surface area contributed by atoms with Gasteiger partial charge >= 0.3 is 6.16 Å². The molecule has 0 fully saturated rings. The smallest absolute Gasteiger partial charge is 0.432 e. The molecule has 0 aliphatic carbocycles. The third-order valence-corrected chi connectivity index (χ3v) is 2.85. The van der Waals surface area contributed by atoms with Gasteiger partial charge in [-0.15, -0.1) is 0 Å². The SMILES string of the molecule is CC(COC(=O)Oc1ccc([N+](=O)[O-])cc1)NC(=O)C(Cl)(Cl)Cl. The molecule has 0 aliphatic heterocycles. The Morgan fingerprint density at radius 3 is 2.35 bits per heavy atom. The lowest BCUT2D eigenvalue weighted by molar-refractivity contribution is -0.384. The molecule has 0 heterocycles. The van der Waals surface area contributed by atoms with Crippen LogP contribution >= 0.6 is 34.8 Å². The Balaban J connectivity index is 2.42. The predicted octanol–water partition coefficient (Wildman–Crippen LogP) is 2.99. The Hall–Kier alpha value is -1.77. The van der Waals surface area contributed by atoms with E-state index in [1.807, 2.05) is 0 Å². The fourth-order valence-electron chi connectivity index (χ4n) is 1.30. The highest BCUT2D eigenvalue weighted by Gasteiger charge is 2.31. The maximum atomic E-state index is 11.4. The predicted molar refractivity (Wildman–Crippen MR) is 83.0 cm³/mol. The van der Waals surface area contributed by atoms with E-state index in [-0.39, 0.29) is 18.0 Å². The van der Waals surface area contributed by atoms with Crippen molar-refractivity contribution in [2.24, 2.45) is 0 Å². The van der Waals surface area contributed by atoms with Gasteiger partial charge in [-0.05, 0) is 19.1 Å². The Morgan fingerprint density at radius 1 is 1.30 bits per heavy atom. The average Bonchev–Trinajstić information content (AvgIpc) is 2.44. The van der Waals surface area contributed by atoms with Crippen LogP contribution in [0.4, 0.5) is 10.5 Å². The van der Waals surface area contributed by atoms with Crippen molar-refractivity contribution >= 4 is 52.6 Å². The molecule has 1 rings (SSSR count). The van der Waals surface area contributed by atoms with Crippen LogP contribution in [0.15, 0.2) is 24.3 Å². The number of carbonyl (C=O) groups excluding carboxylic acids is 2. The summed E-state index contributed by atoms with van der Waals surface area (Å²) in [4.78, 5) is 32.7. The molecule has 1 N–H and O–H groups in total. The second kappa shape index (κ2) is 8.19. The Labute approximate surface area is 145 Å². The van der Waals surface area contributed by atoms with E-state index >= 15 is 0 Å². The number of amides is 1. The van der Waals surface area contributed by atoms with Gasteiger partial charge in [0.1, 0.15) is 12.4 Å². The third-order valence-electron chi connectivity index (χ3n) is 2.33. The minimum atomic E-state index is -2.12. The van der Waals surface area contributed by atoms with Crippen molar-refractivity contribution in [1.82, 2.24) is 5.32 Å². The van der Waals surface area contributed by atoms with E-state index in [0.717, 1.165) is 0 Å². The molecule has 0 saturated carbocycles. The van der Waals surface area contributed by atoms with Crippen LogP contribution in [0.2, 0.25) is 0 Å². The Kier molecular flexibility index (Phi) is 6.86. The molecule has 1 atom stereocenters.